The van der Waals surface area contributed by atoms with E-state index in [0.717, 1.165) is 15.6 Å². The molecule has 4 aromatic rings. The lowest BCUT2D eigenvalue weighted by Crippen LogP contribution is -2.16. The molecule has 2 aromatic carbocycles. The van der Waals surface area contributed by atoms with Gasteiger partial charge in [0.25, 0.3) is 5.91 Å². The molecule has 0 aliphatic rings. The highest BCUT2D eigenvalue weighted by Gasteiger charge is 2.16. The third-order valence-electron chi connectivity index (χ3n) is 4.59. The second kappa shape index (κ2) is 9.16. The molecule has 0 fully saturated rings. The van der Waals surface area contributed by atoms with E-state index in [4.69, 9.17) is 16.3 Å². The van der Waals surface area contributed by atoms with Gasteiger partial charge in [-0.15, -0.1) is 11.3 Å². The van der Waals surface area contributed by atoms with Crippen molar-refractivity contribution in [2.24, 2.45) is 5.10 Å². The van der Waals surface area contributed by atoms with Gasteiger partial charge in [-0.25, -0.2) is 5.43 Å². The van der Waals surface area contributed by atoms with Crippen LogP contribution < -0.4 is 10.2 Å². The number of hydrogen-bond donors (Lipinski definition) is 1. The third-order valence-corrected chi connectivity index (χ3v) is 6.26. The smallest absolute Gasteiger partial charge is 0.307 e. The minimum atomic E-state index is -0.505. The van der Waals surface area contributed by atoms with Gasteiger partial charge < -0.3 is 4.74 Å². The van der Waals surface area contributed by atoms with E-state index in [9.17, 15) is 14.9 Å². The van der Waals surface area contributed by atoms with Crippen LogP contribution in [0.25, 0.3) is 10.1 Å². The monoisotopic (exact) mass is 469 g/mol. The van der Waals surface area contributed by atoms with Gasteiger partial charge >= 0.3 is 5.69 Å². The maximum atomic E-state index is 12.5. The number of ether oxygens (including phenoxy) is 1. The molecule has 2 aromatic heterocycles. The average molecular weight is 470 g/mol. The molecule has 0 spiro atoms. The number of rotatable bonds is 7. The van der Waals surface area contributed by atoms with E-state index in [0.29, 0.717) is 21.2 Å². The van der Waals surface area contributed by atoms with Crippen LogP contribution in [-0.2, 0) is 6.54 Å². The Bertz CT molecular complexity index is 1350. The number of halogens is 1. The summed E-state index contributed by atoms with van der Waals surface area (Å²) in [5.74, 6) is 0.200. The molecule has 9 nitrogen and oxygen atoms in total. The Morgan fingerprint density at radius 2 is 2.19 bits per heavy atom. The van der Waals surface area contributed by atoms with Crippen molar-refractivity contribution in [1.29, 1.82) is 0 Å². The lowest BCUT2D eigenvalue weighted by molar-refractivity contribution is -0.385. The molecule has 162 valence electrons. The van der Waals surface area contributed by atoms with Crippen LogP contribution in [0.2, 0.25) is 5.02 Å². The number of nitro groups is 1. The fourth-order valence-corrected chi connectivity index (χ4v) is 4.49. The number of benzene rings is 2. The Morgan fingerprint density at radius 1 is 1.38 bits per heavy atom. The summed E-state index contributed by atoms with van der Waals surface area (Å²) in [7, 11) is 1.53. The molecule has 0 atom stereocenters. The summed E-state index contributed by atoms with van der Waals surface area (Å²) < 4.78 is 7.73. The summed E-state index contributed by atoms with van der Waals surface area (Å²) in [4.78, 5) is 23.3. The van der Waals surface area contributed by atoms with E-state index in [1.54, 1.807) is 18.2 Å². The Hall–Kier alpha value is -3.76. The summed E-state index contributed by atoms with van der Waals surface area (Å²) in [6.07, 6.45) is 4.02. The van der Waals surface area contributed by atoms with Crippen molar-refractivity contribution in [2.45, 2.75) is 6.54 Å². The molecule has 32 heavy (non-hydrogen) atoms. The van der Waals surface area contributed by atoms with Crippen molar-refractivity contribution in [1.82, 2.24) is 15.2 Å². The predicted octanol–water partition coefficient (Wildman–Crippen LogP) is 4.48. The molecule has 11 heteroatoms. The van der Waals surface area contributed by atoms with Crippen molar-refractivity contribution >= 4 is 50.8 Å². The Balaban J connectivity index is 1.49. The molecule has 0 saturated carbocycles. The molecule has 0 saturated heterocycles. The van der Waals surface area contributed by atoms with Gasteiger partial charge in [0.15, 0.2) is 0 Å². The molecule has 0 unspecified atom stereocenters. The molecule has 2 heterocycles. The highest BCUT2D eigenvalue weighted by atomic mass is 35.5. The topological polar surface area (TPSA) is 112 Å². The van der Waals surface area contributed by atoms with Gasteiger partial charge in [-0.05, 0) is 29.8 Å². The quantitative estimate of drug-likeness (QED) is 0.243. The summed E-state index contributed by atoms with van der Waals surface area (Å²) in [6.45, 7) is 0.266. The van der Waals surface area contributed by atoms with Gasteiger partial charge in [0, 0.05) is 15.6 Å². The first-order valence-electron chi connectivity index (χ1n) is 9.30. The number of aromatic nitrogens is 2. The van der Waals surface area contributed by atoms with Crippen LogP contribution in [-0.4, -0.2) is 33.9 Å². The number of hydrogen-bond acceptors (Lipinski definition) is 7. The Labute approximate surface area is 191 Å². The van der Waals surface area contributed by atoms with Crippen molar-refractivity contribution in [3.63, 3.8) is 0 Å². The average Bonchev–Trinajstić information content (AvgIpc) is 3.39. The van der Waals surface area contributed by atoms with E-state index >= 15 is 0 Å². The lowest BCUT2D eigenvalue weighted by Gasteiger charge is -2.09. The fourth-order valence-electron chi connectivity index (χ4n) is 3.09. The van der Waals surface area contributed by atoms with Crippen molar-refractivity contribution in [3.05, 3.63) is 86.0 Å². The standard InChI is InChI=1S/C21H16ClN5O4S/c1-31-17-7-6-13(8-14(17)11-26-12-15(10-24-26)27(29)30)9-23-25-21(28)20-19(22)16-4-2-3-5-18(16)32-20/h2-10,12H,11H2,1H3,(H,25,28)/b23-9+. The number of nitrogens with zero attached hydrogens (tertiary/aromatic N) is 4. The zero-order valence-corrected chi connectivity index (χ0v) is 18.3. The van der Waals surface area contributed by atoms with Gasteiger partial charge in [-0.2, -0.15) is 10.2 Å². The van der Waals surface area contributed by atoms with Gasteiger partial charge in [0.2, 0.25) is 0 Å². The van der Waals surface area contributed by atoms with E-state index < -0.39 is 10.8 Å². The zero-order valence-electron chi connectivity index (χ0n) is 16.7. The van der Waals surface area contributed by atoms with E-state index in [2.05, 4.69) is 15.6 Å². The molecule has 1 amide bonds. The number of methoxy groups -OCH3 is 1. The first kappa shape index (κ1) is 21.5. The molecule has 0 radical (unpaired) electrons. The summed E-state index contributed by atoms with van der Waals surface area (Å²) in [5, 5.41) is 20.1. The largest absolute Gasteiger partial charge is 0.496 e. The van der Waals surface area contributed by atoms with Crippen LogP contribution in [0.15, 0.2) is 60.0 Å². The normalized spacial score (nSPS) is 11.2. The molecule has 0 aliphatic carbocycles. The minimum absolute atomic E-state index is 0.0932. The van der Waals surface area contributed by atoms with Crippen LogP contribution in [0.3, 0.4) is 0 Å². The first-order chi connectivity index (χ1) is 15.5. The van der Waals surface area contributed by atoms with Crippen LogP contribution >= 0.6 is 22.9 Å². The van der Waals surface area contributed by atoms with Gasteiger partial charge in [-0.3, -0.25) is 19.6 Å². The van der Waals surface area contributed by atoms with Gasteiger partial charge in [0.1, 0.15) is 23.0 Å². The molecule has 4 rings (SSSR count). The van der Waals surface area contributed by atoms with Crippen molar-refractivity contribution in [3.8, 4) is 5.75 Å². The molecule has 0 bridgehead atoms. The highest BCUT2D eigenvalue weighted by Crippen LogP contribution is 2.35. The van der Waals surface area contributed by atoms with Crippen molar-refractivity contribution in [2.75, 3.05) is 7.11 Å². The Morgan fingerprint density at radius 3 is 2.91 bits per heavy atom. The minimum Gasteiger partial charge on any atom is -0.496 e. The fraction of sp³-hybridized carbons (Fsp3) is 0.0952. The van der Waals surface area contributed by atoms with Crippen LogP contribution in [0, 0.1) is 10.1 Å². The number of fused-ring (bicyclic) bond motifs is 1. The SMILES string of the molecule is COc1ccc(/C=N/NC(=O)c2sc3ccccc3c2Cl)cc1Cn1cc([N+](=O)[O-])cn1. The maximum Gasteiger partial charge on any atom is 0.307 e. The number of hydrazone groups is 1. The third kappa shape index (κ3) is 4.46. The number of carbonyl (C=O) groups excluding carboxylic acids is 1. The second-order valence-corrected chi connectivity index (χ2v) is 8.10. The van der Waals surface area contributed by atoms with Crippen LogP contribution in [0.4, 0.5) is 5.69 Å². The van der Waals surface area contributed by atoms with Gasteiger partial charge in [0.05, 0.1) is 29.8 Å². The lowest BCUT2D eigenvalue weighted by atomic mass is 10.1. The van der Waals surface area contributed by atoms with Crippen molar-refractivity contribution < 1.29 is 14.5 Å². The second-order valence-electron chi connectivity index (χ2n) is 6.66. The molecule has 1 N–H and O–H groups in total. The number of thiophene rings is 1. The summed E-state index contributed by atoms with van der Waals surface area (Å²) in [6, 6.07) is 12.8. The highest BCUT2D eigenvalue weighted by molar-refractivity contribution is 7.21. The zero-order chi connectivity index (χ0) is 22.7. The van der Waals surface area contributed by atoms with E-state index in [1.807, 2.05) is 24.3 Å². The van der Waals surface area contributed by atoms with Crippen LogP contribution in [0.1, 0.15) is 20.8 Å². The van der Waals surface area contributed by atoms with Gasteiger partial charge in [-0.1, -0.05) is 29.8 Å². The maximum absolute atomic E-state index is 12.5. The summed E-state index contributed by atoms with van der Waals surface area (Å²) >= 11 is 7.63. The molecule has 0 aliphatic heterocycles. The van der Waals surface area contributed by atoms with Crippen LogP contribution in [0.5, 0.6) is 5.75 Å². The van der Waals surface area contributed by atoms with E-state index in [-0.39, 0.29) is 12.2 Å². The predicted molar refractivity (Wildman–Crippen MR) is 123 cm³/mol. The first-order valence-corrected chi connectivity index (χ1v) is 10.5. The summed E-state index contributed by atoms with van der Waals surface area (Å²) in [5.41, 5.74) is 3.85. The molecular formula is C21H16ClN5O4S. The number of amides is 1. The van der Waals surface area contributed by atoms with E-state index in [1.165, 1.54) is 41.7 Å². The molecular weight excluding hydrogens is 454 g/mol. The number of carbonyl (C=O) groups is 1. The Kier molecular flexibility index (Phi) is 6.15. The number of nitrogens with one attached hydrogen (secondary N) is 1.